The molecule has 0 radical (unpaired) electrons. The number of benzene rings is 1. The normalized spacial score (nSPS) is 17.1. The fourth-order valence-corrected chi connectivity index (χ4v) is 4.60. The van der Waals surface area contributed by atoms with E-state index in [2.05, 4.69) is 4.99 Å². The lowest BCUT2D eigenvalue weighted by Gasteiger charge is -2.33. The molecule has 2 heterocycles. The van der Waals surface area contributed by atoms with Crippen molar-refractivity contribution in [2.24, 2.45) is 19.1 Å². The fraction of sp³-hybridized carbons (Fsp3) is 0.455. The second-order valence-corrected chi connectivity index (χ2v) is 8.84. The van der Waals surface area contributed by atoms with Crippen molar-refractivity contribution in [1.82, 2.24) is 14.0 Å². The zero-order valence-electron chi connectivity index (χ0n) is 18.3. The molecule has 1 saturated heterocycles. The van der Waals surface area contributed by atoms with Crippen LogP contribution in [-0.4, -0.2) is 48.4 Å². The molecule has 9 heteroatoms. The SMILES string of the molecule is Cc1cccc(N=C(SCC(=O)N2CCCC[C@@H]2C)c2c(O)n(C)c(=O)n(C)c2=O)c1. The Hall–Kier alpha value is -2.81. The molecule has 8 nitrogen and oxygen atoms in total. The standard InChI is InChI=1S/C22H28N4O4S/c1-14-8-7-10-16(12-14)23-19(18-20(28)24(3)22(30)25(4)21(18)29)31-13-17(27)26-11-6-5-9-15(26)2/h7-8,10,12,15,28H,5-6,9,11,13H2,1-4H3/t15-/m0/s1. The number of hydrogen-bond donors (Lipinski definition) is 1. The molecule has 31 heavy (non-hydrogen) atoms. The van der Waals surface area contributed by atoms with Gasteiger partial charge in [0.2, 0.25) is 11.8 Å². The summed E-state index contributed by atoms with van der Waals surface area (Å²) in [7, 11) is 2.74. The molecule has 1 aromatic carbocycles. The Morgan fingerprint density at radius 3 is 2.65 bits per heavy atom. The Kier molecular flexibility index (Phi) is 7.04. The Morgan fingerprint density at radius 1 is 1.23 bits per heavy atom. The topological polar surface area (TPSA) is 96.9 Å². The van der Waals surface area contributed by atoms with Crippen molar-refractivity contribution in [2.75, 3.05) is 12.3 Å². The van der Waals surface area contributed by atoms with Crippen molar-refractivity contribution in [1.29, 1.82) is 0 Å². The molecule has 166 valence electrons. The van der Waals surface area contributed by atoms with E-state index in [1.807, 2.05) is 36.9 Å². The summed E-state index contributed by atoms with van der Waals surface area (Å²) in [6, 6.07) is 7.58. The second-order valence-electron chi connectivity index (χ2n) is 7.88. The van der Waals surface area contributed by atoms with Gasteiger partial charge in [0, 0.05) is 26.7 Å². The molecule has 1 amide bonds. The Balaban J connectivity index is 2.02. The summed E-state index contributed by atoms with van der Waals surface area (Å²) in [5.41, 5.74) is 0.205. The molecule has 0 saturated carbocycles. The van der Waals surface area contributed by atoms with Crippen molar-refractivity contribution >= 4 is 28.4 Å². The molecule has 1 atom stereocenters. The van der Waals surface area contributed by atoms with Crippen molar-refractivity contribution in [3.05, 3.63) is 56.2 Å². The van der Waals surface area contributed by atoms with E-state index in [0.717, 1.165) is 52.3 Å². The number of carbonyl (C=O) groups excluding carboxylic acids is 1. The van der Waals surface area contributed by atoms with Crippen LogP contribution >= 0.6 is 11.8 Å². The number of carbonyl (C=O) groups is 1. The number of rotatable bonds is 4. The van der Waals surface area contributed by atoms with Crippen molar-refractivity contribution in [2.45, 2.75) is 39.2 Å². The van der Waals surface area contributed by atoms with Crippen LogP contribution in [0.4, 0.5) is 5.69 Å². The first-order valence-electron chi connectivity index (χ1n) is 10.3. The van der Waals surface area contributed by atoms with Crippen LogP contribution in [0.1, 0.15) is 37.3 Å². The molecule has 1 aliphatic heterocycles. The van der Waals surface area contributed by atoms with E-state index in [1.165, 1.54) is 14.1 Å². The summed E-state index contributed by atoms with van der Waals surface area (Å²) < 4.78 is 1.92. The maximum absolute atomic E-state index is 12.9. The van der Waals surface area contributed by atoms with E-state index in [9.17, 15) is 19.5 Å². The largest absolute Gasteiger partial charge is 0.494 e. The lowest BCUT2D eigenvalue weighted by molar-refractivity contribution is -0.131. The molecule has 3 rings (SSSR count). The van der Waals surface area contributed by atoms with Gasteiger partial charge in [-0.3, -0.25) is 18.7 Å². The highest BCUT2D eigenvalue weighted by molar-refractivity contribution is 8.15. The number of piperidine rings is 1. The minimum atomic E-state index is -0.654. The Labute approximate surface area is 185 Å². The lowest BCUT2D eigenvalue weighted by atomic mass is 10.0. The van der Waals surface area contributed by atoms with Gasteiger partial charge in [-0.15, -0.1) is 0 Å². The maximum Gasteiger partial charge on any atom is 0.333 e. The Morgan fingerprint density at radius 2 is 1.97 bits per heavy atom. The van der Waals surface area contributed by atoms with E-state index < -0.39 is 17.1 Å². The predicted molar refractivity (Wildman–Crippen MR) is 123 cm³/mol. The number of amides is 1. The van der Waals surface area contributed by atoms with Crippen LogP contribution in [0.3, 0.4) is 0 Å². The molecule has 1 aromatic heterocycles. The third kappa shape index (κ3) is 4.92. The van der Waals surface area contributed by atoms with Crippen LogP contribution in [0, 0.1) is 6.92 Å². The van der Waals surface area contributed by atoms with Crippen LogP contribution in [0.5, 0.6) is 5.88 Å². The lowest BCUT2D eigenvalue weighted by Crippen LogP contribution is -2.43. The summed E-state index contributed by atoms with van der Waals surface area (Å²) >= 11 is 1.10. The third-order valence-corrected chi connectivity index (χ3v) is 6.50. The minimum Gasteiger partial charge on any atom is -0.494 e. The number of hydrogen-bond acceptors (Lipinski definition) is 6. The van der Waals surface area contributed by atoms with Gasteiger partial charge in [0.05, 0.1) is 11.4 Å². The zero-order chi connectivity index (χ0) is 22.7. The molecule has 1 N–H and O–H groups in total. The molecule has 1 fully saturated rings. The second kappa shape index (κ2) is 9.55. The molecule has 0 spiro atoms. The molecular weight excluding hydrogens is 416 g/mol. The third-order valence-electron chi connectivity index (χ3n) is 5.54. The number of aliphatic imine (C=N–C) groups is 1. The first-order valence-corrected chi connectivity index (χ1v) is 11.3. The van der Waals surface area contributed by atoms with Gasteiger partial charge in [0.25, 0.3) is 5.56 Å². The predicted octanol–water partition coefficient (Wildman–Crippen LogP) is 2.31. The van der Waals surface area contributed by atoms with Gasteiger partial charge in [0.1, 0.15) is 10.6 Å². The summed E-state index contributed by atoms with van der Waals surface area (Å²) in [5, 5.41) is 10.8. The van der Waals surface area contributed by atoms with Gasteiger partial charge >= 0.3 is 5.69 Å². The van der Waals surface area contributed by atoms with E-state index >= 15 is 0 Å². The van der Waals surface area contributed by atoms with E-state index in [1.54, 1.807) is 6.07 Å². The summed E-state index contributed by atoms with van der Waals surface area (Å²) in [6.45, 7) is 4.69. The summed E-state index contributed by atoms with van der Waals surface area (Å²) in [5.74, 6) is -0.415. The monoisotopic (exact) mass is 444 g/mol. The van der Waals surface area contributed by atoms with Gasteiger partial charge in [-0.05, 0) is 50.8 Å². The van der Waals surface area contributed by atoms with Gasteiger partial charge < -0.3 is 10.0 Å². The fourth-order valence-electron chi connectivity index (χ4n) is 3.68. The summed E-state index contributed by atoms with van der Waals surface area (Å²) in [4.78, 5) is 44.3. The van der Waals surface area contributed by atoms with Crippen LogP contribution in [0.15, 0.2) is 38.8 Å². The summed E-state index contributed by atoms with van der Waals surface area (Å²) in [6.07, 6.45) is 3.07. The smallest absolute Gasteiger partial charge is 0.333 e. The zero-order valence-corrected chi connectivity index (χ0v) is 19.1. The highest BCUT2D eigenvalue weighted by Gasteiger charge is 2.26. The molecule has 1 aliphatic rings. The molecule has 0 unspecified atom stereocenters. The number of aryl methyl sites for hydroxylation is 1. The van der Waals surface area contributed by atoms with Crippen LogP contribution in [-0.2, 0) is 18.9 Å². The van der Waals surface area contributed by atoms with E-state index in [0.29, 0.717) is 5.69 Å². The van der Waals surface area contributed by atoms with E-state index in [-0.39, 0.29) is 28.3 Å². The molecule has 2 aromatic rings. The Bertz CT molecular complexity index is 1140. The number of likely N-dealkylation sites (tertiary alicyclic amines) is 1. The van der Waals surface area contributed by atoms with Crippen molar-refractivity contribution in [3.8, 4) is 5.88 Å². The quantitative estimate of drug-likeness (QED) is 0.577. The van der Waals surface area contributed by atoms with Crippen molar-refractivity contribution < 1.29 is 9.90 Å². The average Bonchev–Trinajstić information content (AvgIpc) is 2.74. The molecule has 0 bridgehead atoms. The van der Waals surface area contributed by atoms with Crippen molar-refractivity contribution in [3.63, 3.8) is 0 Å². The van der Waals surface area contributed by atoms with E-state index in [4.69, 9.17) is 0 Å². The maximum atomic E-state index is 12.9. The number of thioether (sulfide) groups is 1. The van der Waals surface area contributed by atoms with Crippen LogP contribution in [0.25, 0.3) is 0 Å². The van der Waals surface area contributed by atoms with Gasteiger partial charge in [-0.25, -0.2) is 9.79 Å². The average molecular weight is 445 g/mol. The van der Waals surface area contributed by atoms with Gasteiger partial charge in [-0.1, -0.05) is 23.9 Å². The first-order chi connectivity index (χ1) is 14.7. The molecular formula is C22H28N4O4S. The highest BCUT2D eigenvalue weighted by atomic mass is 32.2. The van der Waals surface area contributed by atoms with Crippen LogP contribution in [0.2, 0.25) is 0 Å². The van der Waals surface area contributed by atoms with Gasteiger partial charge in [0.15, 0.2) is 0 Å². The number of aromatic nitrogens is 2. The first kappa shape index (κ1) is 22.9. The molecule has 0 aliphatic carbocycles. The minimum absolute atomic E-state index is 0.0322. The van der Waals surface area contributed by atoms with Gasteiger partial charge in [-0.2, -0.15) is 0 Å². The number of nitrogens with zero attached hydrogens (tertiary/aromatic N) is 4. The number of aromatic hydroxyl groups is 1. The highest BCUT2D eigenvalue weighted by Crippen LogP contribution is 2.25. The van der Waals surface area contributed by atoms with Crippen LogP contribution < -0.4 is 11.2 Å².